The van der Waals surface area contributed by atoms with E-state index in [1.807, 2.05) is 39.0 Å². The van der Waals surface area contributed by atoms with E-state index in [4.69, 9.17) is 4.74 Å². The van der Waals surface area contributed by atoms with Crippen LogP contribution in [0, 0.1) is 13.8 Å². The summed E-state index contributed by atoms with van der Waals surface area (Å²) < 4.78 is 5.26. The van der Waals surface area contributed by atoms with Crippen molar-refractivity contribution in [3.63, 3.8) is 0 Å². The zero-order valence-electron chi connectivity index (χ0n) is 11.8. The standard InChI is InChI=1S/C15H17N3O2/c1-4-20-14-8-13(16-9-17-14)15(19)18-12-7-10(2)5-6-11(12)3/h5-9H,4H2,1-3H3,(H,18,19). The summed E-state index contributed by atoms with van der Waals surface area (Å²) in [5.74, 6) is 0.121. The molecule has 2 rings (SSSR count). The van der Waals surface area contributed by atoms with Crippen LogP contribution in [0.4, 0.5) is 5.69 Å². The van der Waals surface area contributed by atoms with E-state index in [1.54, 1.807) is 0 Å². The van der Waals surface area contributed by atoms with Gasteiger partial charge < -0.3 is 10.1 Å². The van der Waals surface area contributed by atoms with Crippen molar-refractivity contribution in [3.05, 3.63) is 47.4 Å². The smallest absolute Gasteiger partial charge is 0.274 e. The fourth-order valence-electron chi connectivity index (χ4n) is 1.75. The molecular weight excluding hydrogens is 254 g/mol. The van der Waals surface area contributed by atoms with Gasteiger partial charge in [0.1, 0.15) is 12.0 Å². The van der Waals surface area contributed by atoms with E-state index in [9.17, 15) is 4.79 Å². The quantitative estimate of drug-likeness (QED) is 0.928. The number of anilines is 1. The predicted octanol–water partition coefficient (Wildman–Crippen LogP) is 2.74. The molecule has 1 aromatic heterocycles. The lowest BCUT2D eigenvalue weighted by molar-refractivity contribution is 0.102. The van der Waals surface area contributed by atoms with Gasteiger partial charge in [-0.1, -0.05) is 12.1 Å². The van der Waals surface area contributed by atoms with Crippen molar-refractivity contribution in [1.29, 1.82) is 0 Å². The number of hydrogen-bond acceptors (Lipinski definition) is 4. The molecule has 2 aromatic rings. The van der Waals surface area contributed by atoms with Gasteiger partial charge in [0.05, 0.1) is 6.61 Å². The molecule has 0 radical (unpaired) electrons. The van der Waals surface area contributed by atoms with E-state index in [0.717, 1.165) is 16.8 Å². The summed E-state index contributed by atoms with van der Waals surface area (Å²) in [4.78, 5) is 20.1. The minimum absolute atomic E-state index is 0.276. The minimum Gasteiger partial charge on any atom is -0.478 e. The highest BCUT2D eigenvalue weighted by molar-refractivity contribution is 6.03. The molecule has 0 saturated heterocycles. The van der Waals surface area contributed by atoms with Crippen molar-refractivity contribution in [1.82, 2.24) is 9.97 Å². The Bertz CT molecular complexity index is 626. The Hall–Kier alpha value is -2.43. The van der Waals surface area contributed by atoms with Gasteiger partial charge >= 0.3 is 0 Å². The molecule has 0 bridgehead atoms. The Kier molecular flexibility index (Phi) is 4.30. The summed E-state index contributed by atoms with van der Waals surface area (Å²) in [5, 5.41) is 2.85. The molecule has 1 heterocycles. The van der Waals surface area contributed by atoms with Gasteiger partial charge in [-0.2, -0.15) is 0 Å². The van der Waals surface area contributed by atoms with Crippen molar-refractivity contribution in [2.45, 2.75) is 20.8 Å². The molecule has 1 aromatic carbocycles. The Morgan fingerprint density at radius 3 is 2.80 bits per heavy atom. The van der Waals surface area contributed by atoms with Crippen LogP contribution in [0.25, 0.3) is 0 Å². The van der Waals surface area contributed by atoms with Crippen LogP contribution in [0.3, 0.4) is 0 Å². The van der Waals surface area contributed by atoms with Gasteiger partial charge in [0, 0.05) is 11.8 Å². The van der Waals surface area contributed by atoms with Gasteiger partial charge in [-0.3, -0.25) is 4.79 Å². The lowest BCUT2D eigenvalue weighted by Crippen LogP contribution is -2.15. The first-order chi connectivity index (χ1) is 9.60. The van der Waals surface area contributed by atoms with Gasteiger partial charge in [-0.15, -0.1) is 0 Å². The van der Waals surface area contributed by atoms with Crippen LogP contribution in [0.5, 0.6) is 5.88 Å². The highest BCUT2D eigenvalue weighted by Crippen LogP contribution is 2.17. The second kappa shape index (κ2) is 6.14. The molecule has 0 aliphatic heterocycles. The molecule has 0 aliphatic rings. The molecule has 0 atom stereocenters. The Labute approximate surface area is 118 Å². The van der Waals surface area contributed by atoms with Crippen LogP contribution in [0.1, 0.15) is 28.5 Å². The van der Waals surface area contributed by atoms with Crippen molar-refractivity contribution in [2.24, 2.45) is 0 Å². The summed E-state index contributed by atoms with van der Waals surface area (Å²) in [6.45, 7) is 6.28. The number of benzene rings is 1. The average Bonchev–Trinajstić information content (AvgIpc) is 2.43. The number of hydrogen-bond donors (Lipinski definition) is 1. The third kappa shape index (κ3) is 3.32. The maximum Gasteiger partial charge on any atom is 0.274 e. The molecule has 20 heavy (non-hydrogen) atoms. The Morgan fingerprint density at radius 1 is 1.25 bits per heavy atom. The third-order valence-corrected chi connectivity index (χ3v) is 2.81. The lowest BCUT2D eigenvalue weighted by atomic mass is 10.1. The minimum atomic E-state index is -0.276. The fraction of sp³-hybridized carbons (Fsp3) is 0.267. The zero-order valence-corrected chi connectivity index (χ0v) is 11.8. The molecule has 5 heteroatoms. The summed E-state index contributed by atoms with van der Waals surface area (Å²) in [5.41, 5.74) is 3.16. The first kappa shape index (κ1) is 14.0. The number of nitrogens with one attached hydrogen (secondary N) is 1. The predicted molar refractivity (Wildman–Crippen MR) is 77.1 cm³/mol. The average molecular weight is 271 g/mol. The molecule has 1 N–H and O–H groups in total. The molecule has 0 fully saturated rings. The van der Waals surface area contributed by atoms with Crippen LogP contribution in [-0.4, -0.2) is 22.5 Å². The van der Waals surface area contributed by atoms with Crippen molar-refractivity contribution < 1.29 is 9.53 Å². The molecule has 1 amide bonds. The molecule has 0 spiro atoms. The van der Waals surface area contributed by atoms with E-state index < -0.39 is 0 Å². The molecule has 0 saturated carbocycles. The van der Waals surface area contributed by atoms with Gasteiger partial charge in [0.15, 0.2) is 0 Å². The van der Waals surface area contributed by atoms with Gasteiger partial charge in [0.2, 0.25) is 5.88 Å². The highest BCUT2D eigenvalue weighted by Gasteiger charge is 2.11. The molecule has 5 nitrogen and oxygen atoms in total. The first-order valence-corrected chi connectivity index (χ1v) is 6.43. The normalized spacial score (nSPS) is 10.2. The van der Waals surface area contributed by atoms with Gasteiger partial charge in [0.25, 0.3) is 5.91 Å². The van der Waals surface area contributed by atoms with Crippen molar-refractivity contribution >= 4 is 11.6 Å². The zero-order chi connectivity index (χ0) is 14.5. The molecule has 0 unspecified atom stereocenters. The van der Waals surface area contributed by atoms with Crippen LogP contribution in [-0.2, 0) is 0 Å². The Morgan fingerprint density at radius 2 is 2.05 bits per heavy atom. The van der Waals surface area contributed by atoms with E-state index >= 15 is 0 Å². The molecule has 104 valence electrons. The van der Waals surface area contributed by atoms with Crippen LogP contribution < -0.4 is 10.1 Å². The van der Waals surface area contributed by atoms with E-state index in [0.29, 0.717) is 12.5 Å². The van der Waals surface area contributed by atoms with Gasteiger partial charge in [-0.05, 0) is 38.0 Å². The number of rotatable bonds is 4. The summed E-state index contributed by atoms with van der Waals surface area (Å²) in [6.07, 6.45) is 1.32. The number of aromatic nitrogens is 2. The van der Waals surface area contributed by atoms with E-state index in [-0.39, 0.29) is 11.6 Å². The summed E-state index contributed by atoms with van der Waals surface area (Å²) in [7, 11) is 0. The van der Waals surface area contributed by atoms with Crippen LogP contribution >= 0.6 is 0 Å². The van der Waals surface area contributed by atoms with Crippen molar-refractivity contribution in [2.75, 3.05) is 11.9 Å². The molecular formula is C15H17N3O2. The largest absolute Gasteiger partial charge is 0.478 e. The lowest BCUT2D eigenvalue weighted by Gasteiger charge is -2.09. The van der Waals surface area contributed by atoms with E-state index in [2.05, 4.69) is 15.3 Å². The number of ether oxygens (including phenoxy) is 1. The highest BCUT2D eigenvalue weighted by atomic mass is 16.5. The molecule has 0 aliphatic carbocycles. The fourth-order valence-corrected chi connectivity index (χ4v) is 1.75. The summed E-state index contributed by atoms with van der Waals surface area (Å²) in [6, 6.07) is 7.43. The Balaban J connectivity index is 2.19. The number of carbonyl (C=O) groups excluding carboxylic acids is 1. The number of amides is 1. The van der Waals surface area contributed by atoms with E-state index in [1.165, 1.54) is 12.4 Å². The van der Waals surface area contributed by atoms with Crippen molar-refractivity contribution in [3.8, 4) is 5.88 Å². The third-order valence-electron chi connectivity index (χ3n) is 2.81. The number of aryl methyl sites for hydroxylation is 2. The second-order valence-corrected chi connectivity index (χ2v) is 4.45. The SMILES string of the molecule is CCOc1cc(C(=O)Nc2cc(C)ccc2C)ncn1. The maximum atomic E-state index is 12.2. The topological polar surface area (TPSA) is 64.1 Å². The number of carbonyl (C=O) groups is 1. The van der Waals surface area contributed by atoms with Crippen LogP contribution in [0.2, 0.25) is 0 Å². The maximum absolute atomic E-state index is 12.2. The number of nitrogens with zero attached hydrogens (tertiary/aromatic N) is 2. The van der Waals surface area contributed by atoms with Crippen LogP contribution in [0.15, 0.2) is 30.6 Å². The second-order valence-electron chi connectivity index (χ2n) is 4.45. The monoisotopic (exact) mass is 271 g/mol. The first-order valence-electron chi connectivity index (χ1n) is 6.43. The summed E-state index contributed by atoms with van der Waals surface area (Å²) >= 11 is 0. The van der Waals surface area contributed by atoms with Gasteiger partial charge in [-0.25, -0.2) is 9.97 Å².